The molecule has 2 aromatic heterocycles. The van der Waals surface area contributed by atoms with Crippen LogP contribution in [-0.2, 0) is 9.53 Å². The van der Waals surface area contributed by atoms with Crippen LogP contribution in [-0.4, -0.2) is 23.2 Å². The molecular weight excluding hydrogens is 288 g/mol. The topological polar surface area (TPSA) is 65.2 Å². The van der Waals surface area contributed by atoms with Gasteiger partial charge in [-0.2, -0.15) is 16.3 Å². The molecule has 1 aliphatic carbocycles. The molecule has 1 saturated carbocycles. The molecule has 6 heteroatoms. The molecular formula is C15H18N2O3S. The van der Waals surface area contributed by atoms with Crippen molar-refractivity contribution in [2.45, 2.75) is 38.5 Å². The van der Waals surface area contributed by atoms with E-state index in [1.54, 1.807) is 11.3 Å². The first kappa shape index (κ1) is 14.3. The van der Waals surface area contributed by atoms with E-state index in [2.05, 4.69) is 10.1 Å². The van der Waals surface area contributed by atoms with Crippen molar-refractivity contribution in [1.82, 2.24) is 10.1 Å². The molecule has 1 atom stereocenters. The number of methoxy groups -OCH3 is 1. The zero-order valence-electron chi connectivity index (χ0n) is 12.2. The van der Waals surface area contributed by atoms with E-state index >= 15 is 0 Å². The van der Waals surface area contributed by atoms with E-state index in [0.29, 0.717) is 11.7 Å². The van der Waals surface area contributed by atoms with Gasteiger partial charge in [-0.15, -0.1) is 0 Å². The van der Waals surface area contributed by atoms with Gasteiger partial charge in [0.05, 0.1) is 7.11 Å². The van der Waals surface area contributed by atoms with Gasteiger partial charge in [-0.3, -0.25) is 4.79 Å². The summed E-state index contributed by atoms with van der Waals surface area (Å²) >= 11 is 1.60. The summed E-state index contributed by atoms with van der Waals surface area (Å²) in [7, 11) is 1.41. The molecule has 112 valence electrons. The SMILES string of the molecule is COC(=O)C(c1nc(-c2cscc2C)no1)C1CCCC1. The van der Waals surface area contributed by atoms with Crippen molar-refractivity contribution in [3.63, 3.8) is 0 Å². The smallest absolute Gasteiger partial charge is 0.318 e. The van der Waals surface area contributed by atoms with E-state index in [1.807, 2.05) is 17.7 Å². The maximum atomic E-state index is 12.1. The molecule has 5 nitrogen and oxygen atoms in total. The number of hydrogen-bond acceptors (Lipinski definition) is 6. The Morgan fingerprint density at radius 2 is 2.19 bits per heavy atom. The Hall–Kier alpha value is -1.69. The van der Waals surface area contributed by atoms with E-state index in [-0.39, 0.29) is 11.9 Å². The Bertz CT molecular complexity index is 628. The molecule has 0 saturated heterocycles. The molecule has 1 unspecified atom stereocenters. The van der Waals surface area contributed by atoms with Crippen LogP contribution in [0.4, 0.5) is 0 Å². The highest BCUT2D eigenvalue weighted by Crippen LogP contribution is 2.38. The third-order valence-corrected chi connectivity index (χ3v) is 4.99. The predicted molar refractivity (Wildman–Crippen MR) is 79.1 cm³/mol. The fraction of sp³-hybridized carbons (Fsp3) is 0.533. The maximum absolute atomic E-state index is 12.1. The van der Waals surface area contributed by atoms with Crippen molar-refractivity contribution in [3.8, 4) is 11.4 Å². The largest absolute Gasteiger partial charge is 0.468 e. The number of esters is 1. The van der Waals surface area contributed by atoms with Gasteiger partial charge in [0.15, 0.2) is 0 Å². The van der Waals surface area contributed by atoms with Crippen molar-refractivity contribution >= 4 is 17.3 Å². The van der Waals surface area contributed by atoms with Crippen molar-refractivity contribution < 1.29 is 14.1 Å². The van der Waals surface area contributed by atoms with Crippen molar-refractivity contribution in [2.75, 3.05) is 7.11 Å². The molecule has 0 aromatic carbocycles. The quantitative estimate of drug-likeness (QED) is 0.808. The third-order valence-electron chi connectivity index (χ3n) is 4.13. The molecule has 0 bridgehead atoms. The van der Waals surface area contributed by atoms with Gasteiger partial charge in [0.25, 0.3) is 0 Å². The van der Waals surface area contributed by atoms with Crippen LogP contribution >= 0.6 is 11.3 Å². The molecule has 0 aliphatic heterocycles. The number of hydrogen-bond donors (Lipinski definition) is 0. The first-order valence-electron chi connectivity index (χ1n) is 7.15. The van der Waals surface area contributed by atoms with E-state index in [4.69, 9.17) is 9.26 Å². The normalized spacial score (nSPS) is 17.0. The minimum Gasteiger partial charge on any atom is -0.468 e. The lowest BCUT2D eigenvalue weighted by molar-refractivity contribution is -0.144. The second kappa shape index (κ2) is 5.97. The fourth-order valence-corrected chi connectivity index (χ4v) is 3.80. The van der Waals surface area contributed by atoms with E-state index in [1.165, 1.54) is 7.11 Å². The Kier molecular flexibility index (Phi) is 4.05. The molecule has 0 radical (unpaired) electrons. The molecule has 0 spiro atoms. The number of ether oxygens (including phenoxy) is 1. The van der Waals surface area contributed by atoms with E-state index in [9.17, 15) is 4.79 Å². The first-order chi connectivity index (χ1) is 10.2. The van der Waals surface area contributed by atoms with Crippen LogP contribution in [0.3, 0.4) is 0 Å². The zero-order chi connectivity index (χ0) is 14.8. The van der Waals surface area contributed by atoms with Gasteiger partial charge >= 0.3 is 5.97 Å². The average molecular weight is 306 g/mol. The highest BCUT2D eigenvalue weighted by molar-refractivity contribution is 7.08. The van der Waals surface area contributed by atoms with E-state index < -0.39 is 5.92 Å². The van der Waals surface area contributed by atoms with Crippen LogP contribution in [0.15, 0.2) is 15.3 Å². The minimum absolute atomic E-state index is 0.245. The van der Waals surface area contributed by atoms with Crippen molar-refractivity contribution in [3.05, 3.63) is 22.2 Å². The Morgan fingerprint density at radius 1 is 1.43 bits per heavy atom. The summed E-state index contributed by atoms with van der Waals surface area (Å²) in [5, 5.41) is 8.08. The van der Waals surface area contributed by atoms with Crippen LogP contribution in [0.25, 0.3) is 11.4 Å². The number of rotatable bonds is 4. The van der Waals surface area contributed by atoms with Crippen LogP contribution in [0.1, 0.15) is 43.1 Å². The third kappa shape index (κ3) is 2.72. The summed E-state index contributed by atoms with van der Waals surface area (Å²) in [6, 6.07) is 0. The Labute approximate surface area is 127 Å². The molecule has 1 fully saturated rings. The lowest BCUT2D eigenvalue weighted by atomic mass is 9.91. The second-order valence-electron chi connectivity index (χ2n) is 5.47. The number of aryl methyl sites for hydroxylation is 1. The summed E-state index contributed by atoms with van der Waals surface area (Å²) in [4.78, 5) is 16.6. The molecule has 0 N–H and O–H groups in total. The summed E-state index contributed by atoms with van der Waals surface area (Å²) in [6.45, 7) is 2.01. The summed E-state index contributed by atoms with van der Waals surface area (Å²) < 4.78 is 10.3. The van der Waals surface area contributed by atoms with Crippen molar-refractivity contribution in [1.29, 1.82) is 0 Å². The monoisotopic (exact) mass is 306 g/mol. The van der Waals surface area contributed by atoms with Gasteiger partial charge in [-0.1, -0.05) is 18.0 Å². The highest BCUT2D eigenvalue weighted by Gasteiger charge is 2.37. The number of carbonyl (C=O) groups is 1. The molecule has 3 rings (SSSR count). The van der Waals surface area contributed by atoms with Crippen molar-refractivity contribution in [2.24, 2.45) is 5.92 Å². The van der Waals surface area contributed by atoms with Crippen LogP contribution in [0, 0.1) is 12.8 Å². The molecule has 0 amide bonds. The van der Waals surface area contributed by atoms with Gasteiger partial charge in [0.2, 0.25) is 11.7 Å². The van der Waals surface area contributed by atoms with Crippen LogP contribution < -0.4 is 0 Å². The fourth-order valence-electron chi connectivity index (χ4n) is 2.97. The second-order valence-corrected chi connectivity index (χ2v) is 6.21. The van der Waals surface area contributed by atoms with Gasteiger partial charge in [0.1, 0.15) is 5.92 Å². The van der Waals surface area contributed by atoms with Gasteiger partial charge in [0, 0.05) is 10.9 Å². The lowest BCUT2D eigenvalue weighted by Gasteiger charge is -2.16. The maximum Gasteiger partial charge on any atom is 0.318 e. The van der Waals surface area contributed by atoms with Crippen LogP contribution in [0.2, 0.25) is 0 Å². The number of thiophene rings is 1. The minimum atomic E-state index is -0.433. The highest BCUT2D eigenvalue weighted by atomic mass is 32.1. The molecule has 21 heavy (non-hydrogen) atoms. The molecule has 1 aliphatic rings. The summed E-state index contributed by atoms with van der Waals surface area (Å²) in [5.41, 5.74) is 2.08. The Morgan fingerprint density at radius 3 is 2.81 bits per heavy atom. The molecule has 2 aromatic rings. The zero-order valence-corrected chi connectivity index (χ0v) is 13.0. The number of nitrogens with zero attached hydrogens (tertiary/aromatic N) is 2. The standard InChI is InChI=1S/C15H18N2O3S/c1-9-7-21-8-11(9)13-16-14(20-17-13)12(15(18)19-2)10-5-3-4-6-10/h7-8,10,12H,3-6H2,1-2H3. The summed E-state index contributed by atoms with van der Waals surface area (Å²) in [6.07, 6.45) is 4.30. The lowest BCUT2D eigenvalue weighted by Crippen LogP contribution is -2.21. The van der Waals surface area contributed by atoms with E-state index in [0.717, 1.165) is 36.8 Å². The number of carbonyl (C=O) groups excluding carboxylic acids is 1. The molecule has 2 heterocycles. The van der Waals surface area contributed by atoms with Gasteiger partial charge < -0.3 is 9.26 Å². The van der Waals surface area contributed by atoms with Gasteiger partial charge in [-0.25, -0.2) is 0 Å². The predicted octanol–water partition coefficient (Wildman–Crippen LogP) is 3.55. The number of aromatic nitrogens is 2. The Balaban J connectivity index is 1.91. The first-order valence-corrected chi connectivity index (χ1v) is 8.09. The summed E-state index contributed by atoms with van der Waals surface area (Å²) in [5.74, 6) is 0.469. The van der Waals surface area contributed by atoms with Crippen LogP contribution in [0.5, 0.6) is 0 Å². The average Bonchev–Trinajstić information content (AvgIpc) is 3.20. The van der Waals surface area contributed by atoms with Gasteiger partial charge in [-0.05, 0) is 36.6 Å².